The molecule has 1 saturated heterocycles. The summed E-state index contributed by atoms with van der Waals surface area (Å²) in [5.74, 6) is 0. The standard InChI is InChI=1S/C9H14N4O2/c10-9(14)15-6-7-3-12-13(5-7)8-1-2-11-4-8/h3,5,8,11H,1-2,4,6H2,(H2,10,14). The molecule has 1 fully saturated rings. The van der Waals surface area contributed by atoms with Gasteiger partial charge in [-0.2, -0.15) is 5.10 Å². The lowest BCUT2D eigenvalue weighted by Gasteiger charge is -2.07. The minimum atomic E-state index is -0.759. The van der Waals surface area contributed by atoms with Crippen LogP contribution in [0.2, 0.25) is 0 Å². The van der Waals surface area contributed by atoms with Crippen molar-refractivity contribution < 1.29 is 9.53 Å². The second-order valence-corrected chi connectivity index (χ2v) is 3.58. The molecule has 0 radical (unpaired) electrons. The van der Waals surface area contributed by atoms with Gasteiger partial charge in [0.25, 0.3) is 0 Å². The number of nitrogens with two attached hydrogens (primary N) is 1. The van der Waals surface area contributed by atoms with Gasteiger partial charge in [-0.05, 0) is 13.0 Å². The summed E-state index contributed by atoms with van der Waals surface area (Å²) in [5, 5.41) is 7.48. The number of ether oxygens (including phenoxy) is 1. The van der Waals surface area contributed by atoms with Crippen LogP contribution in [0.3, 0.4) is 0 Å². The summed E-state index contributed by atoms with van der Waals surface area (Å²) in [6.07, 6.45) is 3.91. The zero-order valence-corrected chi connectivity index (χ0v) is 8.35. The molecule has 6 nitrogen and oxygen atoms in total. The van der Waals surface area contributed by atoms with E-state index in [0.717, 1.165) is 25.1 Å². The van der Waals surface area contributed by atoms with Crippen molar-refractivity contribution in [2.75, 3.05) is 13.1 Å². The number of aromatic nitrogens is 2. The van der Waals surface area contributed by atoms with Crippen LogP contribution < -0.4 is 11.1 Å². The number of nitrogens with one attached hydrogen (secondary N) is 1. The van der Waals surface area contributed by atoms with Crippen molar-refractivity contribution >= 4 is 6.09 Å². The molecule has 1 aromatic heterocycles. The average molecular weight is 210 g/mol. The van der Waals surface area contributed by atoms with E-state index in [-0.39, 0.29) is 6.61 Å². The van der Waals surface area contributed by atoms with E-state index in [1.165, 1.54) is 0 Å². The van der Waals surface area contributed by atoms with Gasteiger partial charge in [0.1, 0.15) is 6.61 Å². The maximum absolute atomic E-state index is 10.4. The van der Waals surface area contributed by atoms with Gasteiger partial charge in [-0.1, -0.05) is 0 Å². The third-order valence-electron chi connectivity index (χ3n) is 2.44. The second kappa shape index (κ2) is 4.31. The van der Waals surface area contributed by atoms with Gasteiger partial charge in [-0.15, -0.1) is 0 Å². The van der Waals surface area contributed by atoms with E-state index in [1.807, 2.05) is 10.9 Å². The van der Waals surface area contributed by atoms with Crippen LogP contribution >= 0.6 is 0 Å². The van der Waals surface area contributed by atoms with Crippen LogP contribution in [0, 0.1) is 0 Å². The molecule has 0 aliphatic carbocycles. The van der Waals surface area contributed by atoms with E-state index in [1.54, 1.807) is 6.20 Å². The van der Waals surface area contributed by atoms with Crippen molar-refractivity contribution in [3.63, 3.8) is 0 Å². The summed E-state index contributed by atoms with van der Waals surface area (Å²) in [5.41, 5.74) is 5.73. The number of carbonyl (C=O) groups is 1. The van der Waals surface area contributed by atoms with Crippen molar-refractivity contribution in [2.24, 2.45) is 5.73 Å². The van der Waals surface area contributed by atoms with Crippen LogP contribution in [-0.2, 0) is 11.3 Å². The maximum atomic E-state index is 10.4. The van der Waals surface area contributed by atoms with E-state index in [4.69, 9.17) is 5.73 Å². The Balaban J connectivity index is 1.94. The van der Waals surface area contributed by atoms with Crippen molar-refractivity contribution in [3.05, 3.63) is 18.0 Å². The molecule has 0 saturated carbocycles. The van der Waals surface area contributed by atoms with Crippen LogP contribution in [0.15, 0.2) is 12.4 Å². The summed E-state index contributed by atoms with van der Waals surface area (Å²) in [7, 11) is 0. The summed E-state index contributed by atoms with van der Waals surface area (Å²) >= 11 is 0. The van der Waals surface area contributed by atoms with Gasteiger partial charge < -0.3 is 15.8 Å². The zero-order chi connectivity index (χ0) is 10.7. The smallest absolute Gasteiger partial charge is 0.404 e. The Hall–Kier alpha value is -1.56. The van der Waals surface area contributed by atoms with Gasteiger partial charge in [0.2, 0.25) is 0 Å². The fourth-order valence-corrected chi connectivity index (χ4v) is 1.67. The van der Waals surface area contributed by atoms with Crippen LogP contribution in [-0.4, -0.2) is 29.0 Å². The molecule has 0 spiro atoms. The molecule has 1 aromatic rings. The fraction of sp³-hybridized carbons (Fsp3) is 0.556. The molecule has 6 heteroatoms. The lowest BCUT2D eigenvalue weighted by atomic mass is 10.3. The van der Waals surface area contributed by atoms with Gasteiger partial charge in [-0.3, -0.25) is 4.68 Å². The Bertz CT molecular complexity index is 344. The molecule has 1 unspecified atom stereocenters. The number of rotatable bonds is 3. The zero-order valence-electron chi connectivity index (χ0n) is 8.35. The van der Waals surface area contributed by atoms with Gasteiger partial charge >= 0.3 is 6.09 Å². The van der Waals surface area contributed by atoms with E-state index in [0.29, 0.717) is 6.04 Å². The molecule has 82 valence electrons. The molecule has 0 bridgehead atoms. The van der Waals surface area contributed by atoms with Gasteiger partial charge in [-0.25, -0.2) is 4.79 Å². The van der Waals surface area contributed by atoms with E-state index < -0.39 is 6.09 Å². The molecule has 2 heterocycles. The predicted molar refractivity (Wildman–Crippen MR) is 53.1 cm³/mol. The molecule has 3 N–H and O–H groups in total. The Labute approximate surface area is 87.4 Å². The third-order valence-corrected chi connectivity index (χ3v) is 2.44. The Morgan fingerprint density at radius 3 is 3.33 bits per heavy atom. The quantitative estimate of drug-likeness (QED) is 0.736. The summed E-state index contributed by atoms with van der Waals surface area (Å²) in [4.78, 5) is 10.4. The number of amides is 1. The Kier molecular flexibility index (Phi) is 2.86. The number of hydrogen-bond donors (Lipinski definition) is 2. The van der Waals surface area contributed by atoms with Crippen molar-refractivity contribution in [1.82, 2.24) is 15.1 Å². The van der Waals surface area contributed by atoms with Crippen molar-refractivity contribution in [3.8, 4) is 0 Å². The Morgan fingerprint density at radius 2 is 2.67 bits per heavy atom. The van der Waals surface area contributed by atoms with E-state index >= 15 is 0 Å². The Morgan fingerprint density at radius 1 is 1.80 bits per heavy atom. The van der Waals surface area contributed by atoms with Gasteiger partial charge in [0.15, 0.2) is 0 Å². The molecule has 2 rings (SSSR count). The lowest BCUT2D eigenvalue weighted by molar-refractivity contribution is 0.150. The third kappa shape index (κ3) is 2.47. The normalized spacial score (nSPS) is 20.4. The molecule has 15 heavy (non-hydrogen) atoms. The minimum Gasteiger partial charge on any atom is -0.445 e. The van der Waals surface area contributed by atoms with Crippen LogP contribution in [0.1, 0.15) is 18.0 Å². The highest BCUT2D eigenvalue weighted by Gasteiger charge is 2.16. The molecule has 1 aliphatic heterocycles. The highest BCUT2D eigenvalue weighted by atomic mass is 16.5. The first-order valence-corrected chi connectivity index (χ1v) is 4.91. The molecule has 1 aliphatic rings. The fourth-order valence-electron chi connectivity index (χ4n) is 1.67. The number of carbonyl (C=O) groups excluding carboxylic acids is 1. The van der Waals surface area contributed by atoms with Crippen molar-refractivity contribution in [1.29, 1.82) is 0 Å². The van der Waals surface area contributed by atoms with E-state index in [2.05, 4.69) is 15.2 Å². The van der Waals surface area contributed by atoms with Gasteiger partial charge in [0.05, 0.1) is 12.2 Å². The highest BCUT2D eigenvalue weighted by molar-refractivity contribution is 5.64. The summed E-state index contributed by atoms with van der Waals surface area (Å²) in [6.45, 7) is 2.16. The largest absolute Gasteiger partial charge is 0.445 e. The first kappa shape index (κ1) is 9.97. The molecule has 0 aromatic carbocycles. The number of hydrogen-bond acceptors (Lipinski definition) is 4. The van der Waals surface area contributed by atoms with E-state index in [9.17, 15) is 4.79 Å². The topological polar surface area (TPSA) is 82.2 Å². The molecule has 1 atom stereocenters. The minimum absolute atomic E-state index is 0.190. The second-order valence-electron chi connectivity index (χ2n) is 3.58. The summed E-state index contributed by atoms with van der Waals surface area (Å²) < 4.78 is 6.58. The average Bonchev–Trinajstić information content (AvgIpc) is 2.85. The molecular formula is C9H14N4O2. The van der Waals surface area contributed by atoms with Crippen molar-refractivity contribution in [2.45, 2.75) is 19.1 Å². The number of nitrogens with zero attached hydrogens (tertiary/aromatic N) is 2. The summed E-state index contributed by atoms with van der Waals surface area (Å²) in [6, 6.07) is 0.410. The van der Waals surface area contributed by atoms with Crippen LogP contribution in [0.25, 0.3) is 0 Å². The highest BCUT2D eigenvalue weighted by Crippen LogP contribution is 2.14. The first-order chi connectivity index (χ1) is 7.25. The number of primary amides is 1. The SMILES string of the molecule is NC(=O)OCc1cnn(C2CCNC2)c1. The molecular weight excluding hydrogens is 196 g/mol. The van der Waals surface area contributed by atoms with Crippen LogP contribution in [0.5, 0.6) is 0 Å². The predicted octanol–water partition coefficient (Wildman–Crippen LogP) is 0.0128. The monoisotopic (exact) mass is 210 g/mol. The van der Waals surface area contributed by atoms with Crippen LogP contribution in [0.4, 0.5) is 4.79 Å². The van der Waals surface area contributed by atoms with Gasteiger partial charge in [0, 0.05) is 18.3 Å². The first-order valence-electron chi connectivity index (χ1n) is 4.91. The lowest BCUT2D eigenvalue weighted by Crippen LogP contribution is -2.14. The maximum Gasteiger partial charge on any atom is 0.404 e. The molecule has 1 amide bonds.